The largest absolute Gasteiger partial charge is 0.488 e. The molecule has 0 atom stereocenters. The van der Waals surface area contributed by atoms with E-state index < -0.39 is 46.9 Å². The van der Waals surface area contributed by atoms with E-state index in [0.29, 0.717) is 12.1 Å². The topological polar surface area (TPSA) is 97.7 Å². The van der Waals surface area contributed by atoms with E-state index >= 15 is 0 Å². The molecule has 0 fully saturated rings. The zero-order chi connectivity index (χ0) is 21.7. The summed E-state index contributed by atoms with van der Waals surface area (Å²) >= 11 is 0. The first-order chi connectivity index (χ1) is 11.7. The number of alkyl halides is 6. The first-order valence-electron chi connectivity index (χ1n) is 6.83. The van der Waals surface area contributed by atoms with Gasteiger partial charge in [-0.1, -0.05) is 0 Å². The molecule has 1 aromatic rings. The molecule has 6 nitrogen and oxygen atoms in total. The van der Waals surface area contributed by atoms with Crippen LogP contribution in [0, 0.1) is 0 Å². The Kier molecular flexibility index (Phi) is 5.67. The van der Waals surface area contributed by atoms with Gasteiger partial charge in [-0.05, 0) is 45.0 Å². The van der Waals surface area contributed by atoms with E-state index in [9.17, 15) is 43.2 Å². The number of sulfone groups is 1. The average Bonchev–Trinajstić information content (AvgIpc) is 2.44. The fourth-order valence-electron chi connectivity index (χ4n) is 1.69. The first-order valence-corrected chi connectivity index (χ1v) is 9.75. The normalized spacial score (nSPS) is 14.9. The van der Waals surface area contributed by atoms with Crippen molar-refractivity contribution in [1.29, 1.82) is 0 Å². The van der Waals surface area contributed by atoms with Gasteiger partial charge < -0.3 is 4.74 Å². The minimum Gasteiger partial charge on any atom is -0.488 e. The number of benzene rings is 1. The summed E-state index contributed by atoms with van der Waals surface area (Å²) in [4.78, 5) is -1.50. The molecule has 156 valence electrons. The molecule has 0 aliphatic carbocycles. The summed E-state index contributed by atoms with van der Waals surface area (Å²) in [5.41, 5.74) is -0.783. The monoisotopic (exact) mass is 444 g/mol. The third-order valence-electron chi connectivity index (χ3n) is 2.95. The highest BCUT2D eigenvalue weighted by Gasteiger charge is 2.82. The third-order valence-corrected chi connectivity index (χ3v) is 5.68. The van der Waals surface area contributed by atoms with Gasteiger partial charge in [0.05, 0.1) is 4.90 Å². The fraction of sp³-hybridized carbons (Fsp3) is 0.538. The molecular formula is C13H14F6O6S2. The summed E-state index contributed by atoms with van der Waals surface area (Å²) in [6.07, 6.45) is 0. The minimum atomic E-state index is -7.06. The van der Waals surface area contributed by atoms with Gasteiger partial charge in [0, 0.05) is 0 Å². The molecule has 0 bridgehead atoms. The molecule has 1 rings (SSSR count). The van der Waals surface area contributed by atoms with Crippen LogP contribution in [0.3, 0.4) is 0 Å². The highest BCUT2D eigenvalue weighted by molar-refractivity contribution is 7.92. The zero-order valence-electron chi connectivity index (χ0n) is 13.9. The van der Waals surface area contributed by atoms with Gasteiger partial charge >= 0.3 is 26.5 Å². The van der Waals surface area contributed by atoms with Gasteiger partial charge in [-0.25, -0.2) is 8.42 Å². The Hall–Kier alpha value is -1.54. The van der Waals surface area contributed by atoms with Crippen LogP contribution in [0.15, 0.2) is 29.2 Å². The third kappa shape index (κ3) is 4.01. The lowest BCUT2D eigenvalue weighted by atomic mass is 10.2. The number of ether oxygens (including phenoxy) is 1. The van der Waals surface area contributed by atoms with Crippen molar-refractivity contribution < 1.29 is 52.5 Å². The Morgan fingerprint density at radius 3 is 1.56 bits per heavy atom. The van der Waals surface area contributed by atoms with Crippen LogP contribution in [-0.2, 0) is 20.0 Å². The van der Waals surface area contributed by atoms with Gasteiger partial charge in [-0.15, -0.1) is 0 Å². The number of halogens is 6. The maximum Gasteiger partial charge on any atom is 0.439 e. The van der Waals surface area contributed by atoms with E-state index in [2.05, 4.69) is 0 Å². The van der Waals surface area contributed by atoms with Gasteiger partial charge in [0.15, 0.2) is 0 Å². The predicted molar refractivity (Wildman–Crippen MR) is 80.4 cm³/mol. The Bertz CT molecular complexity index is 902. The van der Waals surface area contributed by atoms with Crippen molar-refractivity contribution in [1.82, 2.24) is 0 Å². The van der Waals surface area contributed by atoms with Gasteiger partial charge in [-0.2, -0.15) is 34.8 Å². The van der Waals surface area contributed by atoms with Gasteiger partial charge in [0.2, 0.25) is 9.84 Å². The highest BCUT2D eigenvalue weighted by atomic mass is 32.2. The molecule has 0 aromatic heterocycles. The first kappa shape index (κ1) is 23.5. The summed E-state index contributed by atoms with van der Waals surface area (Å²) < 4.78 is 139. The van der Waals surface area contributed by atoms with Crippen molar-refractivity contribution in [3.8, 4) is 5.75 Å². The molecule has 0 spiro atoms. The molecule has 27 heavy (non-hydrogen) atoms. The van der Waals surface area contributed by atoms with Crippen molar-refractivity contribution in [3.63, 3.8) is 0 Å². The number of hydrogen-bond donors (Lipinski definition) is 1. The van der Waals surface area contributed by atoms with Crippen LogP contribution in [0.25, 0.3) is 0 Å². The van der Waals surface area contributed by atoms with Crippen LogP contribution in [0.5, 0.6) is 5.75 Å². The van der Waals surface area contributed by atoms with Crippen LogP contribution in [0.2, 0.25) is 0 Å². The lowest BCUT2D eigenvalue weighted by molar-refractivity contribution is -0.245. The Labute approximate surface area is 150 Å². The second-order valence-corrected chi connectivity index (χ2v) is 9.73. The van der Waals surface area contributed by atoms with Crippen molar-refractivity contribution in [2.45, 2.75) is 47.7 Å². The molecule has 0 saturated carbocycles. The van der Waals surface area contributed by atoms with E-state index in [1.54, 1.807) is 20.8 Å². The van der Waals surface area contributed by atoms with Crippen LogP contribution < -0.4 is 4.74 Å². The molecule has 0 aliphatic rings. The van der Waals surface area contributed by atoms with E-state index in [-0.39, 0.29) is 5.75 Å². The molecule has 1 N–H and O–H groups in total. The van der Waals surface area contributed by atoms with Crippen LogP contribution in [-0.4, -0.2) is 43.4 Å². The van der Waals surface area contributed by atoms with Gasteiger partial charge in [-0.3, -0.25) is 4.55 Å². The maximum absolute atomic E-state index is 13.8. The second-order valence-electron chi connectivity index (χ2n) is 6.27. The molecule has 0 radical (unpaired) electrons. The fourth-order valence-corrected chi connectivity index (χ4v) is 3.46. The molecule has 0 amide bonds. The van der Waals surface area contributed by atoms with E-state index in [1.165, 1.54) is 0 Å². The number of hydrogen-bond acceptors (Lipinski definition) is 5. The van der Waals surface area contributed by atoms with Crippen molar-refractivity contribution >= 4 is 20.0 Å². The van der Waals surface area contributed by atoms with Gasteiger partial charge in [0.25, 0.3) is 0 Å². The van der Waals surface area contributed by atoms with Crippen LogP contribution in [0.1, 0.15) is 20.8 Å². The van der Waals surface area contributed by atoms with E-state index in [0.717, 1.165) is 12.1 Å². The molecule has 1 aromatic carbocycles. The Balaban J connectivity index is 3.45. The summed E-state index contributed by atoms with van der Waals surface area (Å²) in [5.74, 6) is -7.02. The lowest BCUT2D eigenvalue weighted by Crippen LogP contribution is -2.60. The van der Waals surface area contributed by atoms with Crippen molar-refractivity contribution in [2.24, 2.45) is 0 Å². The lowest BCUT2D eigenvalue weighted by Gasteiger charge is -2.30. The highest BCUT2D eigenvalue weighted by Crippen LogP contribution is 2.52. The molecule has 14 heteroatoms. The zero-order valence-corrected chi connectivity index (χ0v) is 15.5. The molecule has 0 heterocycles. The molecule has 0 unspecified atom stereocenters. The standard InChI is InChI=1S/C13H14F6O6S2/c1-10(2,3)25-8-4-6-9(7-5-8)26(20,21)12(16,17)11(14,15)13(18,19)27(22,23)24/h4-7H,1-3H3,(H,22,23,24). The van der Waals surface area contributed by atoms with Crippen LogP contribution >= 0.6 is 0 Å². The number of rotatable bonds is 6. The smallest absolute Gasteiger partial charge is 0.439 e. The minimum absolute atomic E-state index is 0.0419. The summed E-state index contributed by atoms with van der Waals surface area (Å²) in [6, 6.07) is 2.42. The van der Waals surface area contributed by atoms with Crippen molar-refractivity contribution in [3.05, 3.63) is 24.3 Å². The average molecular weight is 444 g/mol. The van der Waals surface area contributed by atoms with Crippen molar-refractivity contribution in [2.75, 3.05) is 0 Å². The quantitative estimate of drug-likeness (QED) is 0.534. The molecule has 0 aliphatic heterocycles. The Morgan fingerprint density at radius 1 is 0.815 bits per heavy atom. The van der Waals surface area contributed by atoms with E-state index in [4.69, 9.17) is 9.29 Å². The predicted octanol–water partition coefficient (Wildman–Crippen LogP) is 3.35. The van der Waals surface area contributed by atoms with E-state index in [1.807, 2.05) is 0 Å². The second kappa shape index (κ2) is 6.51. The van der Waals surface area contributed by atoms with Crippen LogP contribution in [0.4, 0.5) is 26.3 Å². The summed E-state index contributed by atoms with van der Waals surface area (Å²) in [5, 5.41) is -13.3. The Morgan fingerprint density at radius 2 is 1.22 bits per heavy atom. The SMILES string of the molecule is CC(C)(C)Oc1ccc(S(=O)(=O)C(F)(F)C(F)(F)C(F)(F)S(=O)(=O)O)cc1. The summed E-state index contributed by atoms with van der Waals surface area (Å²) in [6.45, 7) is 4.76. The maximum atomic E-state index is 13.8. The molecule has 0 saturated heterocycles. The molecular weight excluding hydrogens is 430 g/mol. The van der Waals surface area contributed by atoms with Gasteiger partial charge in [0.1, 0.15) is 11.4 Å². The summed E-state index contributed by atoms with van der Waals surface area (Å²) in [7, 11) is -13.6.